The zero-order chi connectivity index (χ0) is 18.1. The zero-order valence-corrected chi connectivity index (χ0v) is 18.4. The lowest BCUT2D eigenvalue weighted by Gasteiger charge is -2.25. The van der Waals surface area contributed by atoms with E-state index in [4.69, 9.17) is 9.53 Å². The molecule has 140 valence electrons. The summed E-state index contributed by atoms with van der Waals surface area (Å²) in [5.41, 5.74) is 0. The molecule has 1 N–H and O–H groups in total. The fourth-order valence-electron chi connectivity index (χ4n) is 2.55. The van der Waals surface area contributed by atoms with Crippen molar-refractivity contribution in [2.75, 3.05) is 0 Å². The van der Waals surface area contributed by atoms with Gasteiger partial charge in [0, 0.05) is 12.5 Å². The second-order valence-corrected chi connectivity index (χ2v) is 12.0. The van der Waals surface area contributed by atoms with Crippen molar-refractivity contribution in [1.82, 2.24) is 0 Å². The fraction of sp³-hybridized carbons (Fsp3) is 0.947. The second kappa shape index (κ2) is 16.9. The average Bonchev–Trinajstić information content (AvgIpc) is 2.42. The van der Waals surface area contributed by atoms with Crippen molar-refractivity contribution in [3.8, 4) is 0 Å². The summed E-state index contributed by atoms with van der Waals surface area (Å²) in [6.45, 7) is 13.4. The lowest BCUT2D eigenvalue weighted by molar-refractivity contribution is 0.230. The molecule has 0 fully saturated rings. The van der Waals surface area contributed by atoms with Gasteiger partial charge in [-0.2, -0.15) is 0 Å². The van der Waals surface area contributed by atoms with Crippen molar-refractivity contribution < 1.29 is 9.53 Å². The van der Waals surface area contributed by atoms with Gasteiger partial charge < -0.3 is 9.53 Å². The zero-order valence-electron chi connectivity index (χ0n) is 16.6. The molecule has 4 heteroatoms. The number of aliphatic hydroxyl groups is 1. The van der Waals surface area contributed by atoms with Crippen LogP contribution < -0.4 is 0 Å². The number of hydrogen-bond donors (Lipinski definition) is 1. The Morgan fingerprint density at radius 2 is 1.39 bits per heavy atom. The van der Waals surface area contributed by atoms with E-state index >= 15 is 0 Å². The van der Waals surface area contributed by atoms with Gasteiger partial charge in [-0.15, -0.1) is 0 Å². The number of aliphatic hydroxyl groups excluding tert-OH is 1. The molecule has 0 aliphatic carbocycles. The molecule has 0 aliphatic heterocycles. The third kappa shape index (κ3) is 24.4. The highest BCUT2D eigenvalue weighted by Gasteiger charge is 2.22. The molecule has 0 unspecified atom stereocenters. The second-order valence-electron chi connectivity index (χ2n) is 7.29. The number of rotatable bonds is 13. The van der Waals surface area contributed by atoms with E-state index in [1.807, 2.05) is 0 Å². The van der Waals surface area contributed by atoms with Crippen LogP contribution in [0.1, 0.15) is 91.9 Å². The number of hydrogen-bond acceptors (Lipinski definition) is 2. The molecule has 0 radical (unpaired) electrons. The van der Waals surface area contributed by atoms with Crippen LogP contribution in [0.5, 0.6) is 0 Å². The average molecular weight is 363 g/mol. The van der Waals surface area contributed by atoms with Crippen molar-refractivity contribution >= 4 is 25.6 Å². The molecule has 0 saturated heterocycles. The predicted molar refractivity (Wildman–Crippen MR) is 111 cm³/mol. The molecule has 0 amide bonds. The minimum atomic E-state index is -1.32. The highest BCUT2D eigenvalue weighted by molar-refractivity contribution is 7.80. The highest BCUT2D eigenvalue weighted by atomic mass is 32.1. The molecule has 0 rings (SSSR count). The van der Waals surface area contributed by atoms with Gasteiger partial charge in [-0.25, -0.2) is 0 Å². The Labute approximate surface area is 152 Å². The first-order chi connectivity index (χ1) is 10.7. The van der Waals surface area contributed by atoms with Crippen LogP contribution in [0.15, 0.2) is 0 Å². The first kappa shape index (κ1) is 25.3. The Bertz CT molecular complexity index is 268. The van der Waals surface area contributed by atoms with E-state index in [-0.39, 0.29) is 5.05 Å². The van der Waals surface area contributed by atoms with Crippen LogP contribution in [0.3, 0.4) is 0 Å². The predicted octanol–water partition coefficient (Wildman–Crippen LogP) is 7.43. The lowest BCUT2D eigenvalue weighted by atomic mass is 10.1. The molecule has 0 spiro atoms. The van der Waals surface area contributed by atoms with Crippen LogP contribution in [0.2, 0.25) is 19.1 Å². The van der Waals surface area contributed by atoms with Crippen molar-refractivity contribution in [1.29, 1.82) is 0 Å². The Hall–Kier alpha value is 0.0669. The first-order valence-corrected chi connectivity index (χ1v) is 13.2. The van der Waals surface area contributed by atoms with E-state index in [0.29, 0.717) is 12.5 Å². The van der Waals surface area contributed by atoms with E-state index in [9.17, 15) is 0 Å². The van der Waals surface area contributed by atoms with Gasteiger partial charge in [-0.1, -0.05) is 65.2 Å². The maximum Gasteiger partial charge on any atom is 0.187 e. The van der Waals surface area contributed by atoms with Crippen LogP contribution in [-0.4, -0.2) is 24.6 Å². The maximum atomic E-state index is 8.64. The van der Waals surface area contributed by atoms with Gasteiger partial charge in [-0.3, -0.25) is 0 Å². The smallest absolute Gasteiger partial charge is 0.187 e. The first-order valence-electron chi connectivity index (χ1n) is 9.64. The van der Waals surface area contributed by atoms with Gasteiger partial charge in [0.1, 0.15) is 0 Å². The summed E-state index contributed by atoms with van der Waals surface area (Å²) in [6.07, 6.45) is 12.7. The molecular weight excluding hydrogens is 320 g/mol. The number of thiocarbonyl (C=S) groups is 1. The van der Waals surface area contributed by atoms with Crippen LogP contribution in [0, 0.1) is 0 Å². The minimum absolute atomic E-state index is 0.163. The van der Waals surface area contributed by atoms with Gasteiger partial charge >= 0.3 is 0 Å². The van der Waals surface area contributed by atoms with E-state index in [2.05, 4.69) is 53.0 Å². The van der Waals surface area contributed by atoms with Crippen molar-refractivity contribution in [2.45, 2.75) is 117 Å². The van der Waals surface area contributed by atoms with Crippen molar-refractivity contribution in [3.63, 3.8) is 0 Å². The minimum Gasteiger partial charge on any atom is -0.502 e. The largest absolute Gasteiger partial charge is 0.502 e. The molecule has 0 atom stereocenters. The summed E-state index contributed by atoms with van der Waals surface area (Å²) < 4.78 is 5.96. The molecule has 0 heterocycles. The highest BCUT2D eigenvalue weighted by Crippen LogP contribution is 2.18. The Kier molecular flexibility index (Phi) is 18.6. The lowest BCUT2D eigenvalue weighted by Crippen LogP contribution is -2.33. The van der Waals surface area contributed by atoms with E-state index in [1.54, 1.807) is 0 Å². The molecule has 0 aromatic rings. The Morgan fingerprint density at radius 3 is 1.83 bits per heavy atom. The quantitative estimate of drug-likeness (QED) is 0.210. The van der Waals surface area contributed by atoms with E-state index < -0.39 is 8.32 Å². The monoisotopic (exact) mass is 362 g/mol. The Balaban J connectivity index is 0. The molecule has 0 saturated carbocycles. The standard InChI is InChI=1S/C11H26OSi.C8H16OS/c1-6-7-8-9-10-13(4,5)12-11(2)3;1-2-3-4-5-6-7-8(9)10/h11H,6-10H2,1-5H3;2-7H2,1H3,(H,9,10). The number of unbranched alkanes of at least 4 members (excludes halogenated alkanes) is 7. The van der Waals surface area contributed by atoms with Crippen LogP contribution in [0.25, 0.3) is 0 Å². The van der Waals surface area contributed by atoms with Gasteiger partial charge in [0.15, 0.2) is 13.4 Å². The Morgan fingerprint density at radius 1 is 0.913 bits per heavy atom. The van der Waals surface area contributed by atoms with Crippen molar-refractivity contribution in [2.24, 2.45) is 0 Å². The fourth-order valence-corrected chi connectivity index (χ4v) is 5.19. The third-order valence-electron chi connectivity index (χ3n) is 3.68. The van der Waals surface area contributed by atoms with Crippen molar-refractivity contribution in [3.05, 3.63) is 0 Å². The summed E-state index contributed by atoms with van der Waals surface area (Å²) in [5, 5.41) is 8.80. The van der Waals surface area contributed by atoms with E-state index in [0.717, 1.165) is 6.42 Å². The maximum absolute atomic E-state index is 8.64. The molecular formula is C19H42O2SSi. The van der Waals surface area contributed by atoms with Crippen LogP contribution >= 0.6 is 12.2 Å². The third-order valence-corrected chi connectivity index (χ3v) is 6.55. The summed E-state index contributed by atoms with van der Waals surface area (Å²) in [5.74, 6) is 0. The molecule has 23 heavy (non-hydrogen) atoms. The van der Waals surface area contributed by atoms with Gasteiger partial charge in [0.05, 0.1) is 0 Å². The van der Waals surface area contributed by atoms with Gasteiger partial charge in [0.25, 0.3) is 0 Å². The van der Waals surface area contributed by atoms with Crippen LogP contribution in [-0.2, 0) is 4.43 Å². The summed E-state index contributed by atoms with van der Waals surface area (Å²) in [4.78, 5) is 0. The summed E-state index contributed by atoms with van der Waals surface area (Å²) >= 11 is 4.53. The van der Waals surface area contributed by atoms with Gasteiger partial charge in [-0.05, 0) is 51.6 Å². The molecule has 0 aromatic carbocycles. The summed E-state index contributed by atoms with van der Waals surface area (Å²) in [7, 11) is -1.32. The SMILES string of the molecule is CCCCCCCC(O)=S.CCCCCC[Si](C)(C)OC(C)C. The van der Waals surface area contributed by atoms with Crippen LogP contribution in [0.4, 0.5) is 0 Å². The van der Waals surface area contributed by atoms with E-state index in [1.165, 1.54) is 57.4 Å². The topological polar surface area (TPSA) is 29.5 Å². The molecule has 2 nitrogen and oxygen atoms in total. The normalized spacial score (nSPS) is 11.3. The molecule has 0 bridgehead atoms. The van der Waals surface area contributed by atoms with Gasteiger partial charge in [0.2, 0.25) is 0 Å². The molecule has 0 aromatic heterocycles. The molecule has 0 aliphatic rings. The summed E-state index contributed by atoms with van der Waals surface area (Å²) in [6, 6.07) is 1.32.